The van der Waals surface area contributed by atoms with Crippen LogP contribution >= 0.6 is 34.2 Å². The van der Waals surface area contributed by atoms with E-state index in [2.05, 4.69) is 44.9 Å². The zero-order valence-electron chi connectivity index (χ0n) is 9.34. The monoisotopic (exact) mass is 350 g/mol. The number of benzene rings is 1. The lowest BCUT2D eigenvalue weighted by atomic mass is 10.1. The van der Waals surface area contributed by atoms with Crippen molar-refractivity contribution in [3.63, 3.8) is 0 Å². The quantitative estimate of drug-likeness (QED) is 0.825. The Labute approximate surface area is 115 Å². The zero-order chi connectivity index (χ0) is 11.5. The molecule has 1 unspecified atom stereocenters. The summed E-state index contributed by atoms with van der Waals surface area (Å²) in [5.74, 6) is 0. The van der Waals surface area contributed by atoms with Crippen molar-refractivity contribution in [2.24, 2.45) is 0 Å². The van der Waals surface area contributed by atoms with Gasteiger partial charge in [-0.3, -0.25) is 0 Å². The van der Waals surface area contributed by atoms with E-state index in [1.54, 1.807) is 0 Å². The first-order valence-electron chi connectivity index (χ1n) is 5.58. The molecule has 88 valence electrons. The molecule has 2 rings (SSSR count). The second-order valence-corrected chi connectivity index (χ2v) is 5.82. The molecule has 1 aromatic rings. The number of hydrogen-bond acceptors (Lipinski definition) is 2. The summed E-state index contributed by atoms with van der Waals surface area (Å²) in [4.78, 5) is 2.38. The van der Waals surface area contributed by atoms with Crippen LogP contribution in [0.4, 0.5) is 5.69 Å². The largest absolute Gasteiger partial charge is 0.369 e. The van der Waals surface area contributed by atoms with Crippen molar-refractivity contribution in [1.82, 2.24) is 5.32 Å². The molecule has 0 amide bonds. The zero-order valence-corrected chi connectivity index (χ0v) is 12.3. The van der Waals surface area contributed by atoms with E-state index in [1.165, 1.54) is 22.1 Å². The van der Waals surface area contributed by atoms with E-state index in [0.29, 0.717) is 6.04 Å². The van der Waals surface area contributed by atoms with Crippen molar-refractivity contribution in [2.75, 3.05) is 25.0 Å². The first-order chi connectivity index (χ1) is 7.70. The maximum absolute atomic E-state index is 6.29. The molecule has 1 aliphatic rings. The molecule has 0 aliphatic carbocycles. The first-order valence-corrected chi connectivity index (χ1v) is 7.03. The molecular weight excluding hydrogens is 335 g/mol. The molecule has 0 aromatic heterocycles. The fourth-order valence-electron chi connectivity index (χ4n) is 2.17. The van der Waals surface area contributed by atoms with Crippen molar-refractivity contribution < 1.29 is 0 Å². The molecule has 0 saturated carbocycles. The molecule has 0 radical (unpaired) electrons. The number of piperidine rings is 1. The molecule has 2 nitrogen and oxygen atoms in total. The Morgan fingerprint density at radius 3 is 3.00 bits per heavy atom. The van der Waals surface area contributed by atoms with Gasteiger partial charge >= 0.3 is 0 Å². The summed E-state index contributed by atoms with van der Waals surface area (Å²) in [6.45, 7) is 2.16. The van der Waals surface area contributed by atoms with Crippen molar-refractivity contribution in [3.8, 4) is 0 Å². The highest BCUT2D eigenvalue weighted by molar-refractivity contribution is 14.1. The van der Waals surface area contributed by atoms with Gasteiger partial charge in [-0.25, -0.2) is 0 Å². The normalized spacial score (nSPS) is 21.2. The Hall–Kier alpha value is -0.0000000000000000555. The minimum Gasteiger partial charge on any atom is -0.369 e. The van der Waals surface area contributed by atoms with Crippen LogP contribution in [0.1, 0.15) is 12.8 Å². The van der Waals surface area contributed by atoms with Gasteiger partial charge in [0, 0.05) is 22.7 Å². The van der Waals surface area contributed by atoms with Gasteiger partial charge in [0.1, 0.15) is 0 Å². The lowest BCUT2D eigenvalue weighted by molar-refractivity contribution is 0.449. The number of nitrogens with one attached hydrogen (secondary N) is 1. The number of halogens is 2. The summed E-state index contributed by atoms with van der Waals surface area (Å²) in [6.07, 6.45) is 2.49. The average Bonchev–Trinajstić information content (AvgIpc) is 2.29. The number of rotatable bonds is 2. The van der Waals surface area contributed by atoms with Crippen LogP contribution < -0.4 is 10.2 Å². The van der Waals surface area contributed by atoms with E-state index in [0.717, 1.165) is 18.1 Å². The summed E-state index contributed by atoms with van der Waals surface area (Å²) in [6, 6.07) is 6.86. The van der Waals surface area contributed by atoms with Crippen LogP contribution in [-0.2, 0) is 0 Å². The van der Waals surface area contributed by atoms with E-state index < -0.39 is 0 Å². The molecule has 1 N–H and O–H groups in total. The van der Waals surface area contributed by atoms with E-state index in [9.17, 15) is 0 Å². The van der Waals surface area contributed by atoms with E-state index >= 15 is 0 Å². The predicted molar refractivity (Wildman–Crippen MR) is 78.5 cm³/mol. The molecule has 1 heterocycles. The van der Waals surface area contributed by atoms with Crippen molar-refractivity contribution in [3.05, 3.63) is 26.8 Å². The van der Waals surface area contributed by atoms with Crippen LogP contribution in [0, 0.1) is 3.57 Å². The summed E-state index contributed by atoms with van der Waals surface area (Å²) >= 11 is 8.58. The van der Waals surface area contributed by atoms with Gasteiger partial charge in [-0.1, -0.05) is 11.6 Å². The highest BCUT2D eigenvalue weighted by Crippen LogP contribution is 2.29. The van der Waals surface area contributed by atoms with Crippen LogP contribution in [-0.4, -0.2) is 26.2 Å². The third kappa shape index (κ3) is 2.81. The highest BCUT2D eigenvalue weighted by Gasteiger charge is 2.20. The second kappa shape index (κ2) is 5.56. The average molecular weight is 351 g/mol. The molecule has 1 saturated heterocycles. The number of likely N-dealkylation sites (N-methyl/N-ethyl adjacent to an activating group) is 1. The summed E-state index contributed by atoms with van der Waals surface area (Å²) in [7, 11) is 2.03. The Kier molecular flexibility index (Phi) is 4.33. The summed E-state index contributed by atoms with van der Waals surface area (Å²) in [5.41, 5.74) is 1.17. The summed E-state index contributed by atoms with van der Waals surface area (Å²) in [5, 5.41) is 4.21. The molecule has 1 atom stereocenters. The Morgan fingerprint density at radius 1 is 1.50 bits per heavy atom. The minimum atomic E-state index is 0.587. The Morgan fingerprint density at radius 2 is 2.31 bits per heavy atom. The Balaban J connectivity index is 2.16. The van der Waals surface area contributed by atoms with Crippen molar-refractivity contribution >= 4 is 39.9 Å². The second-order valence-electron chi connectivity index (χ2n) is 4.17. The topological polar surface area (TPSA) is 15.3 Å². The lowest BCUT2D eigenvalue weighted by Crippen LogP contribution is -2.44. The van der Waals surface area contributed by atoms with Crippen LogP contribution in [0.15, 0.2) is 18.2 Å². The molecule has 16 heavy (non-hydrogen) atoms. The van der Waals surface area contributed by atoms with Gasteiger partial charge in [0.05, 0.1) is 10.7 Å². The fraction of sp³-hybridized carbons (Fsp3) is 0.500. The van der Waals surface area contributed by atoms with Crippen LogP contribution in [0.3, 0.4) is 0 Å². The first kappa shape index (κ1) is 12.5. The standard InChI is InChI=1S/C12H16ClIN2/c1-15-10-3-2-6-16(8-10)12-5-4-9(14)7-11(12)13/h4-5,7,10,15H,2-3,6,8H2,1H3. The smallest absolute Gasteiger partial charge is 0.0650 e. The Bertz CT molecular complexity index is 370. The van der Waals surface area contributed by atoms with Crippen LogP contribution in [0.25, 0.3) is 0 Å². The number of hydrogen-bond donors (Lipinski definition) is 1. The highest BCUT2D eigenvalue weighted by atomic mass is 127. The van der Waals surface area contributed by atoms with E-state index in [1.807, 2.05) is 13.1 Å². The number of anilines is 1. The third-order valence-corrected chi connectivity index (χ3v) is 4.05. The van der Waals surface area contributed by atoms with Crippen molar-refractivity contribution in [1.29, 1.82) is 0 Å². The molecule has 1 aromatic carbocycles. The van der Waals surface area contributed by atoms with Gasteiger partial charge in [0.2, 0.25) is 0 Å². The molecule has 1 aliphatic heterocycles. The van der Waals surface area contributed by atoms with Crippen LogP contribution in [0.5, 0.6) is 0 Å². The molecular formula is C12H16ClIN2. The maximum atomic E-state index is 6.29. The molecule has 4 heteroatoms. The maximum Gasteiger partial charge on any atom is 0.0650 e. The van der Waals surface area contributed by atoms with Gasteiger partial charge in [-0.15, -0.1) is 0 Å². The minimum absolute atomic E-state index is 0.587. The van der Waals surface area contributed by atoms with Crippen LogP contribution in [0.2, 0.25) is 5.02 Å². The van der Waals surface area contributed by atoms with Gasteiger partial charge < -0.3 is 10.2 Å². The SMILES string of the molecule is CNC1CCCN(c2ccc(I)cc2Cl)C1. The third-order valence-electron chi connectivity index (χ3n) is 3.08. The fourth-order valence-corrected chi connectivity index (χ4v) is 3.14. The molecule has 1 fully saturated rings. The lowest BCUT2D eigenvalue weighted by Gasteiger charge is -2.34. The van der Waals surface area contributed by atoms with Gasteiger partial charge in [-0.2, -0.15) is 0 Å². The van der Waals surface area contributed by atoms with E-state index in [-0.39, 0.29) is 0 Å². The van der Waals surface area contributed by atoms with Gasteiger partial charge in [0.25, 0.3) is 0 Å². The van der Waals surface area contributed by atoms with E-state index in [4.69, 9.17) is 11.6 Å². The molecule has 0 bridgehead atoms. The summed E-state index contributed by atoms with van der Waals surface area (Å²) < 4.78 is 1.19. The number of nitrogens with zero attached hydrogens (tertiary/aromatic N) is 1. The van der Waals surface area contributed by atoms with Crippen molar-refractivity contribution in [2.45, 2.75) is 18.9 Å². The predicted octanol–water partition coefficient (Wildman–Crippen LogP) is 3.13. The van der Waals surface area contributed by atoms with Gasteiger partial charge in [0.15, 0.2) is 0 Å². The van der Waals surface area contributed by atoms with Gasteiger partial charge in [-0.05, 0) is 60.7 Å². The molecule has 0 spiro atoms.